The summed E-state index contributed by atoms with van der Waals surface area (Å²) in [4.78, 5) is 39.5. The number of ether oxygens (including phenoxy) is 1. The maximum absolute atomic E-state index is 13.3. The van der Waals surface area contributed by atoms with Crippen molar-refractivity contribution in [3.8, 4) is 5.75 Å². The predicted molar refractivity (Wildman–Crippen MR) is 170 cm³/mol. The van der Waals surface area contributed by atoms with E-state index < -0.39 is 34.7 Å². The van der Waals surface area contributed by atoms with Gasteiger partial charge in [-0.05, 0) is 86.2 Å². The van der Waals surface area contributed by atoms with Crippen molar-refractivity contribution in [1.29, 1.82) is 0 Å². The average molecular weight is 634 g/mol. The molecular formula is C34H30F3N3O4S. The molecule has 45 heavy (non-hydrogen) atoms. The second-order valence-electron chi connectivity index (χ2n) is 9.65. The molecule has 0 spiro atoms. The molecule has 0 fully saturated rings. The van der Waals surface area contributed by atoms with Crippen LogP contribution < -0.4 is 20.7 Å². The molecule has 3 amide bonds. The molecule has 0 saturated heterocycles. The molecule has 0 aliphatic rings. The monoisotopic (exact) mass is 633 g/mol. The van der Waals surface area contributed by atoms with Crippen LogP contribution in [-0.2, 0) is 15.8 Å². The summed E-state index contributed by atoms with van der Waals surface area (Å²) in [5, 5.41) is 7.09. The Morgan fingerprint density at radius 2 is 1.49 bits per heavy atom. The Balaban J connectivity index is 1.44. The maximum Gasteiger partial charge on any atom is 0.418 e. The number of hydrogen-bond acceptors (Lipinski definition) is 5. The topological polar surface area (TPSA) is 96.5 Å². The predicted octanol–water partition coefficient (Wildman–Crippen LogP) is 7.63. The summed E-state index contributed by atoms with van der Waals surface area (Å²) in [6, 6.07) is 26.9. The molecular weight excluding hydrogens is 603 g/mol. The van der Waals surface area contributed by atoms with Gasteiger partial charge in [0.25, 0.3) is 11.8 Å². The number of amides is 3. The van der Waals surface area contributed by atoms with Gasteiger partial charge in [-0.2, -0.15) is 13.2 Å². The standard InChI is InChI=1S/C34H30F3N3O4S/c1-3-44-26-17-13-23(14-18-26)21-30(40-32(42)24-9-5-4-6-10-24)33(43)38-25-15-19-27(20-16-25)45-22(2)31(41)39-29-12-8-7-11-28(29)34(35,36)37/h4-22H,3H2,1-2H3,(H,38,43)(H,39,41)(H,40,42)/b30-21-. The molecule has 1 atom stereocenters. The quantitative estimate of drug-likeness (QED) is 0.117. The van der Waals surface area contributed by atoms with E-state index in [-0.39, 0.29) is 11.4 Å². The molecule has 3 N–H and O–H groups in total. The Morgan fingerprint density at radius 3 is 2.13 bits per heavy atom. The third kappa shape index (κ3) is 9.48. The van der Waals surface area contributed by atoms with Crippen LogP contribution in [0.5, 0.6) is 5.75 Å². The van der Waals surface area contributed by atoms with Gasteiger partial charge in [0.15, 0.2) is 0 Å². The molecule has 0 aliphatic carbocycles. The lowest BCUT2D eigenvalue weighted by Crippen LogP contribution is -2.30. The second-order valence-corrected chi connectivity index (χ2v) is 11.1. The van der Waals surface area contributed by atoms with Crippen LogP contribution in [0, 0.1) is 0 Å². The van der Waals surface area contributed by atoms with Crippen molar-refractivity contribution < 1.29 is 32.3 Å². The van der Waals surface area contributed by atoms with Crippen LogP contribution in [0.3, 0.4) is 0 Å². The van der Waals surface area contributed by atoms with Crippen LogP contribution >= 0.6 is 11.8 Å². The summed E-state index contributed by atoms with van der Waals surface area (Å²) in [5.74, 6) is -0.943. The third-order valence-electron chi connectivity index (χ3n) is 6.32. The zero-order chi connectivity index (χ0) is 32.4. The van der Waals surface area contributed by atoms with Gasteiger partial charge in [-0.1, -0.05) is 42.5 Å². The number of rotatable bonds is 11. The fourth-order valence-corrected chi connectivity index (χ4v) is 4.95. The van der Waals surface area contributed by atoms with E-state index in [0.717, 1.165) is 17.8 Å². The van der Waals surface area contributed by atoms with Crippen LogP contribution in [0.25, 0.3) is 6.08 Å². The van der Waals surface area contributed by atoms with Crippen LogP contribution in [0.4, 0.5) is 24.5 Å². The van der Waals surface area contributed by atoms with Gasteiger partial charge in [0.05, 0.1) is 23.1 Å². The first-order chi connectivity index (χ1) is 21.5. The fourth-order valence-electron chi connectivity index (χ4n) is 4.08. The minimum atomic E-state index is -4.60. The minimum Gasteiger partial charge on any atom is -0.494 e. The number of halogens is 3. The van der Waals surface area contributed by atoms with E-state index in [9.17, 15) is 27.6 Å². The highest BCUT2D eigenvalue weighted by Gasteiger charge is 2.34. The zero-order valence-corrected chi connectivity index (χ0v) is 25.2. The van der Waals surface area contributed by atoms with E-state index in [2.05, 4.69) is 16.0 Å². The maximum atomic E-state index is 13.3. The average Bonchev–Trinajstić information content (AvgIpc) is 3.02. The van der Waals surface area contributed by atoms with E-state index in [1.54, 1.807) is 91.9 Å². The molecule has 4 rings (SSSR count). The number of alkyl halides is 3. The van der Waals surface area contributed by atoms with E-state index in [4.69, 9.17) is 4.74 Å². The highest BCUT2D eigenvalue weighted by atomic mass is 32.2. The third-order valence-corrected chi connectivity index (χ3v) is 7.43. The van der Waals surface area contributed by atoms with Crippen LogP contribution in [-0.4, -0.2) is 29.6 Å². The summed E-state index contributed by atoms with van der Waals surface area (Å²) in [5.41, 5.74) is 0.238. The van der Waals surface area contributed by atoms with Gasteiger partial charge in [-0.3, -0.25) is 14.4 Å². The highest BCUT2D eigenvalue weighted by molar-refractivity contribution is 8.00. The van der Waals surface area contributed by atoms with Crippen molar-refractivity contribution in [1.82, 2.24) is 5.32 Å². The molecule has 0 bridgehead atoms. The van der Waals surface area contributed by atoms with Crippen molar-refractivity contribution in [3.63, 3.8) is 0 Å². The van der Waals surface area contributed by atoms with Crippen molar-refractivity contribution in [2.75, 3.05) is 17.2 Å². The number of anilines is 2. The number of hydrogen-bond donors (Lipinski definition) is 3. The SMILES string of the molecule is CCOc1ccc(/C=C(\NC(=O)c2ccccc2)C(=O)Nc2ccc(SC(C)C(=O)Nc3ccccc3C(F)(F)F)cc2)cc1. The molecule has 0 aliphatic heterocycles. The van der Waals surface area contributed by atoms with Crippen molar-refractivity contribution in [2.45, 2.75) is 30.2 Å². The van der Waals surface area contributed by atoms with E-state index in [1.165, 1.54) is 18.2 Å². The summed E-state index contributed by atoms with van der Waals surface area (Å²) < 4.78 is 45.4. The van der Waals surface area contributed by atoms with Crippen LogP contribution in [0.15, 0.2) is 114 Å². The number of benzene rings is 4. The summed E-state index contributed by atoms with van der Waals surface area (Å²) in [6.07, 6.45) is -3.05. The smallest absolute Gasteiger partial charge is 0.418 e. The Hall–Kier alpha value is -5.03. The number of carbonyl (C=O) groups is 3. The largest absolute Gasteiger partial charge is 0.494 e. The van der Waals surface area contributed by atoms with Crippen LogP contribution in [0.2, 0.25) is 0 Å². The molecule has 11 heteroatoms. The molecule has 0 heterocycles. The Kier molecular flexibility index (Phi) is 11.0. The molecule has 1 unspecified atom stereocenters. The van der Waals surface area contributed by atoms with Crippen molar-refractivity contribution >= 4 is 46.9 Å². The van der Waals surface area contributed by atoms with Crippen molar-refractivity contribution in [2.24, 2.45) is 0 Å². The highest BCUT2D eigenvalue weighted by Crippen LogP contribution is 2.35. The molecule has 0 radical (unpaired) electrons. The summed E-state index contributed by atoms with van der Waals surface area (Å²) in [6.45, 7) is 3.97. The molecule has 232 valence electrons. The Bertz CT molecular complexity index is 1660. The molecule has 4 aromatic carbocycles. The molecule has 4 aromatic rings. The van der Waals surface area contributed by atoms with Crippen LogP contribution in [0.1, 0.15) is 35.3 Å². The fraction of sp³-hybridized carbons (Fsp3) is 0.147. The minimum absolute atomic E-state index is 0.0101. The number of nitrogens with one attached hydrogen (secondary N) is 3. The van der Waals surface area contributed by atoms with Gasteiger partial charge in [-0.25, -0.2) is 0 Å². The molecule has 0 saturated carbocycles. The Labute approximate surface area is 262 Å². The Morgan fingerprint density at radius 1 is 0.844 bits per heavy atom. The van der Waals surface area contributed by atoms with Gasteiger partial charge in [0, 0.05) is 16.1 Å². The van der Waals surface area contributed by atoms with Gasteiger partial charge in [-0.15, -0.1) is 11.8 Å². The van der Waals surface area contributed by atoms with Gasteiger partial charge < -0.3 is 20.7 Å². The zero-order valence-electron chi connectivity index (χ0n) is 24.4. The first kappa shape index (κ1) is 32.9. The molecule has 0 aromatic heterocycles. The normalized spacial score (nSPS) is 12.2. The number of thioether (sulfide) groups is 1. The van der Waals surface area contributed by atoms with Gasteiger partial charge in [0.2, 0.25) is 5.91 Å². The van der Waals surface area contributed by atoms with E-state index >= 15 is 0 Å². The summed E-state index contributed by atoms with van der Waals surface area (Å²) in [7, 11) is 0. The van der Waals surface area contributed by atoms with Gasteiger partial charge in [0.1, 0.15) is 11.4 Å². The van der Waals surface area contributed by atoms with E-state index in [1.807, 2.05) is 6.92 Å². The summed E-state index contributed by atoms with van der Waals surface area (Å²) >= 11 is 1.15. The lowest BCUT2D eigenvalue weighted by atomic mass is 10.1. The second kappa shape index (κ2) is 15.1. The molecule has 7 nitrogen and oxygen atoms in total. The lowest BCUT2D eigenvalue weighted by molar-refractivity contribution is -0.137. The van der Waals surface area contributed by atoms with E-state index in [0.29, 0.717) is 34.1 Å². The lowest BCUT2D eigenvalue weighted by Gasteiger charge is -2.16. The number of para-hydroxylation sites is 1. The number of carbonyl (C=O) groups excluding carboxylic acids is 3. The first-order valence-corrected chi connectivity index (χ1v) is 14.8. The first-order valence-electron chi connectivity index (χ1n) is 13.9. The van der Waals surface area contributed by atoms with Gasteiger partial charge >= 0.3 is 6.18 Å². The van der Waals surface area contributed by atoms with Crippen molar-refractivity contribution in [3.05, 3.63) is 126 Å².